The van der Waals surface area contributed by atoms with Crippen molar-refractivity contribution in [3.63, 3.8) is 0 Å². The highest BCUT2D eigenvalue weighted by Crippen LogP contribution is 2.30. The maximum Gasteiger partial charge on any atom is 0.419 e. The van der Waals surface area contributed by atoms with Crippen LogP contribution in [-0.2, 0) is 4.74 Å². The SMILES string of the molecule is CC(C)(C)OC(=O)n1c(-c2ccc(N3CCCCC3)nc2)cc2ccc(F)cc21. The van der Waals surface area contributed by atoms with E-state index in [0.717, 1.165) is 29.9 Å². The molecule has 0 bridgehead atoms. The van der Waals surface area contributed by atoms with Gasteiger partial charge in [0.2, 0.25) is 0 Å². The highest BCUT2D eigenvalue weighted by atomic mass is 19.1. The summed E-state index contributed by atoms with van der Waals surface area (Å²) in [6.07, 6.45) is 4.87. The minimum atomic E-state index is -0.658. The fourth-order valence-electron chi connectivity index (χ4n) is 3.74. The first-order valence-electron chi connectivity index (χ1n) is 10.1. The first-order valence-corrected chi connectivity index (χ1v) is 10.1. The second-order valence-electron chi connectivity index (χ2n) is 8.50. The number of halogens is 1. The number of carbonyl (C=O) groups is 1. The van der Waals surface area contributed by atoms with Gasteiger partial charge in [0.1, 0.15) is 17.2 Å². The van der Waals surface area contributed by atoms with Gasteiger partial charge in [-0.3, -0.25) is 0 Å². The fraction of sp³-hybridized carbons (Fsp3) is 0.391. The van der Waals surface area contributed by atoms with E-state index in [1.807, 2.05) is 39.0 Å². The van der Waals surface area contributed by atoms with Crippen LogP contribution in [0.25, 0.3) is 22.2 Å². The van der Waals surface area contributed by atoms with Crippen LogP contribution in [0.1, 0.15) is 40.0 Å². The quantitative estimate of drug-likeness (QED) is 0.565. The Bertz CT molecular complexity index is 1030. The summed E-state index contributed by atoms with van der Waals surface area (Å²) in [5.41, 5.74) is 1.24. The summed E-state index contributed by atoms with van der Waals surface area (Å²) in [7, 11) is 0. The molecule has 1 aliphatic rings. The lowest BCUT2D eigenvalue weighted by Gasteiger charge is -2.27. The molecule has 152 valence electrons. The number of fused-ring (bicyclic) bond motifs is 1. The molecule has 3 heterocycles. The van der Waals surface area contributed by atoms with Crippen LogP contribution in [0.15, 0.2) is 42.6 Å². The Labute approximate surface area is 170 Å². The molecule has 29 heavy (non-hydrogen) atoms. The molecule has 0 radical (unpaired) electrons. The Hall–Kier alpha value is -2.89. The van der Waals surface area contributed by atoms with Crippen molar-refractivity contribution in [1.29, 1.82) is 0 Å². The second kappa shape index (κ2) is 7.50. The van der Waals surface area contributed by atoms with Crippen molar-refractivity contribution in [3.8, 4) is 11.3 Å². The zero-order valence-electron chi connectivity index (χ0n) is 17.1. The largest absolute Gasteiger partial charge is 0.443 e. The summed E-state index contributed by atoms with van der Waals surface area (Å²) in [4.78, 5) is 19.9. The average Bonchev–Trinajstić information content (AvgIpc) is 3.06. The number of benzene rings is 1. The van der Waals surface area contributed by atoms with Crippen molar-refractivity contribution in [2.24, 2.45) is 0 Å². The normalized spacial score (nSPS) is 15.0. The molecule has 4 rings (SSSR count). The molecule has 1 saturated heterocycles. The van der Waals surface area contributed by atoms with E-state index < -0.39 is 17.5 Å². The van der Waals surface area contributed by atoms with E-state index in [4.69, 9.17) is 4.74 Å². The highest BCUT2D eigenvalue weighted by molar-refractivity contribution is 5.96. The third-order valence-corrected chi connectivity index (χ3v) is 5.07. The van der Waals surface area contributed by atoms with Gasteiger partial charge in [0.25, 0.3) is 0 Å². The van der Waals surface area contributed by atoms with Gasteiger partial charge in [0.15, 0.2) is 0 Å². The molecule has 1 aromatic carbocycles. The van der Waals surface area contributed by atoms with Crippen molar-refractivity contribution in [3.05, 3.63) is 48.4 Å². The summed E-state index contributed by atoms with van der Waals surface area (Å²) >= 11 is 0. The maximum absolute atomic E-state index is 13.9. The van der Waals surface area contributed by atoms with Crippen LogP contribution in [0, 0.1) is 5.82 Å². The van der Waals surface area contributed by atoms with Gasteiger partial charge in [0, 0.05) is 30.2 Å². The molecule has 3 aromatic rings. The number of anilines is 1. The van der Waals surface area contributed by atoms with Gasteiger partial charge in [-0.05, 0) is 76.4 Å². The third-order valence-electron chi connectivity index (χ3n) is 5.07. The van der Waals surface area contributed by atoms with E-state index >= 15 is 0 Å². The topological polar surface area (TPSA) is 47.4 Å². The molecule has 0 amide bonds. The standard InChI is InChI=1S/C23H26FN3O2/c1-23(2,3)29-22(28)27-19(13-16-7-9-18(24)14-20(16)27)17-8-10-21(25-15-17)26-11-5-4-6-12-26/h7-10,13-15H,4-6,11-12H2,1-3H3. The predicted octanol–water partition coefficient (Wildman–Crippen LogP) is 5.62. The Morgan fingerprint density at radius 1 is 1.07 bits per heavy atom. The molecule has 6 heteroatoms. The van der Waals surface area contributed by atoms with Crippen LogP contribution in [0.4, 0.5) is 15.0 Å². The number of hydrogen-bond donors (Lipinski definition) is 0. The molecular formula is C23H26FN3O2. The second-order valence-corrected chi connectivity index (χ2v) is 8.50. The Morgan fingerprint density at radius 2 is 1.83 bits per heavy atom. The third kappa shape index (κ3) is 4.11. The summed E-state index contributed by atoms with van der Waals surface area (Å²) in [6, 6.07) is 10.2. The van der Waals surface area contributed by atoms with Crippen molar-refractivity contribution >= 4 is 22.8 Å². The van der Waals surface area contributed by atoms with Gasteiger partial charge in [-0.2, -0.15) is 0 Å². The van der Waals surface area contributed by atoms with Crippen LogP contribution in [0.2, 0.25) is 0 Å². The number of piperidine rings is 1. The number of carbonyl (C=O) groups excluding carboxylic acids is 1. The molecule has 1 aliphatic heterocycles. The van der Waals surface area contributed by atoms with E-state index in [1.165, 1.54) is 36.0 Å². The maximum atomic E-state index is 13.9. The van der Waals surface area contributed by atoms with E-state index in [0.29, 0.717) is 11.2 Å². The van der Waals surface area contributed by atoms with E-state index in [-0.39, 0.29) is 0 Å². The van der Waals surface area contributed by atoms with Crippen molar-refractivity contribution in [1.82, 2.24) is 9.55 Å². The van der Waals surface area contributed by atoms with E-state index in [9.17, 15) is 9.18 Å². The number of rotatable bonds is 2. The number of nitrogens with zero attached hydrogens (tertiary/aromatic N) is 3. The Morgan fingerprint density at radius 3 is 2.48 bits per heavy atom. The minimum absolute atomic E-state index is 0.398. The van der Waals surface area contributed by atoms with Crippen LogP contribution in [0.3, 0.4) is 0 Å². The lowest BCUT2D eigenvalue weighted by molar-refractivity contribution is 0.0547. The zero-order valence-corrected chi connectivity index (χ0v) is 17.1. The van der Waals surface area contributed by atoms with Crippen LogP contribution in [0.5, 0.6) is 0 Å². The molecule has 0 saturated carbocycles. The summed E-state index contributed by atoms with van der Waals surface area (Å²) in [5.74, 6) is 0.546. The average molecular weight is 395 g/mol. The number of ether oxygens (including phenoxy) is 1. The van der Waals surface area contributed by atoms with Gasteiger partial charge in [-0.1, -0.05) is 0 Å². The first-order chi connectivity index (χ1) is 13.8. The Balaban J connectivity index is 1.76. The number of hydrogen-bond acceptors (Lipinski definition) is 4. The van der Waals surface area contributed by atoms with Gasteiger partial charge in [0.05, 0.1) is 11.2 Å². The number of aromatic nitrogens is 2. The van der Waals surface area contributed by atoms with Crippen LogP contribution in [-0.4, -0.2) is 34.3 Å². The van der Waals surface area contributed by atoms with Gasteiger partial charge in [-0.15, -0.1) is 0 Å². The van der Waals surface area contributed by atoms with E-state index in [2.05, 4.69) is 9.88 Å². The summed E-state index contributed by atoms with van der Waals surface area (Å²) in [6.45, 7) is 7.47. The molecule has 2 aromatic heterocycles. The van der Waals surface area contributed by atoms with E-state index in [1.54, 1.807) is 12.3 Å². The molecule has 1 fully saturated rings. The van der Waals surface area contributed by atoms with Crippen molar-refractivity contribution in [2.45, 2.75) is 45.6 Å². The molecule has 0 aliphatic carbocycles. The monoisotopic (exact) mass is 395 g/mol. The molecule has 0 spiro atoms. The molecule has 0 atom stereocenters. The smallest absolute Gasteiger partial charge is 0.419 e. The lowest BCUT2D eigenvalue weighted by Crippen LogP contribution is -2.30. The van der Waals surface area contributed by atoms with Gasteiger partial charge in [-0.25, -0.2) is 18.7 Å². The first kappa shape index (κ1) is 19.4. The minimum Gasteiger partial charge on any atom is -0.443 e. The van der Waals surface area contributed by atoms with Gasteiger partial charge >= 0.3 is 6.09 Å². The molecule has 0 unspecified atom stereocenters. The number of pyridine rings is 1. The molecule has 0 N–H and O–H groups in total. The summed E-state index contributed by atoms with van der Waals surface area (Å²) in [5, 5.41) is 0.771. The van der Waals surface area contributed by atoms with Crippen molar-refractivity contribution < 1.29 is 13.9 Å². The lowest BCUT2D eigenvalue weighted by atomic mass is 10.1. The highest BCUT2D eigenvalue weighted by Gasteiger charge is 2.23. The van der Waals surface area contributed by atoms with Crippen LogP contribution < -0.4 is 4.90 Å². The Kier molecular flexibility index (Phi) is 5.03. The zero-order chi connectivity index (χ0) is 20.6. The van der Waals surface area contributed by atoms with Crippen LogP contribution >= 0.6 is 0 Å². The molecule has 5 nitrogen and oxygen atoms in total. The molecular weight excluding hydrogens is 369 g/mol. The van der Waals surface area contributed by atoms with Crippen molar-refractivity contribution in [2.75, 3.05) is 18.0 Å². The fourth-order valence-corrected chi connectivity index (χ4v) is 3.74. The van der Waals surface area contributed by atoms with Gasteiger partial charge < -0.3 is 9.64 Å². The predicted molar refractivity (Wildman–Crippen MR) is 113 cm³/mol. The summed E-state index contributed by atoms with van der Waals surface area (Å²) < 4.78 is 20.9.